The van der Waals surface area contributed by atoms with Crippen LogP contribution in [-0.2, 0) is 9.53 Å². The first-order chi connectivity index (χ1) is 11.6. The van der Waals surface area contributed by atoms with Crippen molar-refractivity contribution in [3.05, 3.63) is 29.8 Å². The van der Waals surface area contributed by atoms with Gasteiger partial charge in [0.1, 0.15) is 0 Å². The first kappa shape index (κ1) is 18.3. The second-order valence-electron chi connectivity index (χ2n) is 6.08. The molecule has 0 radical (unpaired) electrons. The molecule has 6 heteroatoms. The van der Waals surface area contributed by atoms with Crippen molar-refractivity contribution in [2.45, 2.75) is 39.2 Å². The van der Waals surface area contributed by atoms with Gasteiger partial charge >= 0.3 is 6.09 Å². The van der Waals surface area contributed by atoms with Crippen LogP contribution < -0.4 is 10.6 Å². The van der Waals surface area contributed by atoms with Gasteiger partial charge in [-0.25, -0.2) is 4.79 Å². The van der Waals surface area contributed by atoms with Crippen LogP contribution in [0.5, 0.6) is 0 Å². The van der Waals surface area contributed by atoms with Crippen molar-refractivity contribution in [3.8, 4) is 0 Å². The molecule has 2 rings (SSSR count). The van der Waals surface area contributed by atoms with Crippen molar-refractivity contribution in [1.82, 2.24) is 10.2 Å². The van der Waals surface area contributed by atoms with Crippen LogP contribution in [0.15, 0.2) is 24.3 Å². The van der Waals surface area contributed by atoms with Gasteiger partial charge in [-0.2, -0.15) is 0 Å². The quantitative estimate of drug-likeness (QED) is 0.839. The molecule has 1 saturated heterocycles. The van der Waals surface area contributed by atoms with E-state index >= 15 is 0 Å². The summed E-state index contributed by atoms with van der Waals surface area (Å²) in [5, 5.41) is 6.31. The van der Waals surface area contributed by atoms with Gasteiger partial charge in [-0.15, -0.1) is 0 Å². The summed E-state index contributed by atoms with van der Waals surface area (Å²) in [4.78, 5) is 25.3. The number of piperidine rings is 1. The number of aryl methyl sites for hydroxylation is 1. The third-order valence-electron chi connectivity index (χ3n) is 4.11. The summed E-state index contributed by atoms with van der Waals surface area (Å²) >= 11 is 0. The van der Waals surface area contributed by atoms with Crippen LogP contribution in [0.3, 0.4) is 0 Å². The van der Waals surface area contributed by atoms with Gasteiger partial charge < -0.3 is 20.3 Å². The third-order valence-corrected chi connectivity index (χ3v) is 4.11. The largest absolute Gasteiger partial charge is 0.450 e. The highest BCUT2D eigenvalue weighted by atomic mass is 16.6. The highest BCUT2D eigenvalue weighted by Gasteiger charge is 2.23. The third kappa shape index (κ3) is 5.85. The Kier molecular flexibility index (Phi) is 7.06. The zero-order valence-electron chi connectivity index (χ0n) is 14.5. The van der Waals surface area contributed by atoms with Crippen molar-refractivity contribution >= 4 is 17.7 Å². The molecular formula is C18H27N3O3. The molecule has 0 spiro atoms. The maximum atomic E-state index is 12.0. The Labute approximate surface area is 143 Å². The molecule has 0 aromatic heterocycles. The lowest BCUT2D eigenvalue weighted by molar-refractivity contribution is -0.116. The summed E-state index contributed by atoms with van der Waals surface area (Å²) < 4.78 is 5.01. The van der Waals surface area contributed by atoms with E-state index in [1.165, 1.54) is 0 Å². The van der Waals surface area contributed by atoms with Gasteiger partial charge in [0.05, 0.1) is 6.61 Å². The number of hydrogen-bond acceptors (Lipinski definition) is 4. The van der Waals surface area contributed by atoms with Crippen LogP contribution in [0.25, 0.3) is 0 Å². The predicted molar refractivity (Wildman–Crippen MR) is 94.0 cm³/mol. The molecule has 6 nitrogen and oxygen atoms in total. The van der Waals surface area contributed by atoms with Gasteiger partial charge in [-0.1, -0.05) is 12.1 Å². The Morgan fingerprint density at radius 2 is 2.04 bits per heavy atom. The lowest BCUT2D eigenvalue weighted by Crippen LogP contribution is -2.45. The Bertz CT molecular complexity index is 554. The molecule has 2 amide bonds. The molecular weight excluding hydrogens is 306 g/mol. The second-order valence-corrected chi connectivity index (χ2v) is 6.08. The summed E-state index contributed by atoms with van der Waals surface area (Å²) in [7, 11) is 0. The number of amides is 2. The first-order valence-electron chi connectivity index (χ1n) is 8.60. The number of carbonyl (C=O) groups is 2. The van der Waals surface area contributed by atoms with Gasteiger partial charge in [0, 0.05) is 37.8 Å². The number of carbonyl (C=O) groups excluding carboxylic acids is 2. The highest BCUT2D eigenvalue weighted by molar-refractivity contribution is 5.90. The number of rotatable bonds is 6. The van der Waals surface area contributed by atoms with E-state index in [2.05, 4.69) is 10.6 Å². The summed E-state index contributed by atoms with van der Waals surface area (Å²) in [6, 6.07) is 8.13. The van der Waals surface area contributed by atoms with Crippen LogP contribution in [0, 0.1) is 6.92 Å². The Hall–Kier alpha value is -2.08. The van der Waals surface area contributed by atoms with Crippen LogP contribution in [0.1, 0.15) is 31.7 Å². The molecule has 1 heterocycles. The Morgan fingerprint density at radius 3 is 2.71 bits per heavy atom. The van der Waals surface area contributed by atoms with Crippen molar-refractivity contribution in [1.29, 1.82) is 0 Å². The summed E-state index contributed by atoms with van der Waals surface area (Å²) in [6.07, 6.45) is 1.98. The molecule has 0 unspecified atom stereocenters. The molecule has 0 bridgehead atoms. The number of hydrogen-bond donors (Lipinski definition) is 2. The molecule has 1 fully saturated rings. The monoisotopic (exact) mass is 333 g/mol. The van der Waals surface area contributed by atoms with Crippen molar-refractivity contribution in [2.75, 3.05) is 31.6 Å². The summed E-state index contributed by atoms with van der Waals surface area (Å²) in [5.74, 6) is 0.0112. The van der Waals surface area contributed by atoms with Crippen molar-refractivity contribution in [3.63, 3.8) is 0 Å². The molecule has 0 aliphatic carbocycles. The minimum atomic E-state index is -0.228. The van der Waals surface area contributed by atoms with Gasteiger partial charge in [0.2, 0.25) is 5.91 Å². The number of likely N-dealkylation sites (tertiary alicyclic amines) is 1. The molecule has 1 aliphatic heterocycles. The van der Waals surface area contributed by atoms with Crippen molar-refractivity contribution in [2.24, 2.45) is 0 Å². The van der Waals surface area contributed by atoms with Gasteiger partial charge in [0.15, 0.2) is 0 Å². The van der Waals surface area contributed by atoms with Gasteiger partial charge in [0.25, 0.3) is 0 Å². The fourth-order valence-electron chi connectivity index (χ4n) is 2.82. The molecule has 2 N–H and O–H groups in total. The number of benzene rings is 1. The number of anilines is 1. The zero-order valence-corrected chi connectivity index (χ0v) is 14.5. The van der Waals surface area contributed by atoms with Gasteiger partial charge in [-0.3, -0.25) is 4.79 Å². The fraction of sp³-hybridized carbons (Fsp3) is 0.556. The normalized spacial score (nSPS) is 15.2. The molecule has 1 aromatic rings. The lowest BCUT2D eigenvalue weighted by Gasteiger charge is -2.31. The number of nitrogens with one attached hydrogen (secondary N) is 2. The minimum absolute atomic E-state index is 0.0112. The van der Waals surface area contributed by atoms with E-state index in [4.69, 9.17) is 4.74 Å². The Balaban J connectivity index is 1.63. The molecule has 1 aromatic carbocycles. The highest BCUT2D eigenvalue weighted by Crippen LogP contribution is 2.12. The second kappa shape index (κ2) is 9.27. The predicted octanol–water partition coefficient (Wildman–Crippen LogP) is 2.53. The van der Waals surface area contributed by atoms with Crippen LogP contribution in [0.4, 0.5) is 10.5 Å². The van der Waals surface area contributed by atoms with E-state index in [0.29, 0.717) is 38.7 Å². The van der Waals surface area contributed by atoms with E-state index in [1.54, 1.807) is 4.90 Å². The maximum Gasteiger partial charge on any atom is 0.409 e. The summed E-state index contributed by atoms with van der Waals surface area (Å²) in [5.41, 5.74) is 1.96. The average Bonchev–Trinajstić information content (AvgIpc) is 2.55. The fourth-order valence-corrected chi connectivity index (χ4v) is 2.82. The minimum Gasteiger partial charge on any atom is -0.450 e. The standard InChI is InChI=1S/C18H27N3O3/c1-3-24-18(23)21-11-8-15(9-12-21)19-10-7-17(22)20-16-6-4-5-14(2)13-16/h4-6,13,15,19H,3,7-12H2,1-2H3,(H,20,22). The lowest BCUT2D eigenvalue weighted by atomic mass is 10.1. The van der Waals surface area contributed by atoms with E-state index < -0.39 is 0 Å². The molecule has 132 valence electrons. The van der Waals surface area contributed by atoms with Crippen LogP contribution >= 0.6 is 0 Å². The van der Waals surface area contributed by atoms with Crippen LogP contribution in [0.2, 0.25) is 0 Å². The SMILES string of the molecule is CCOC(=O)N1CCC(NCCC(=O)Nc2cccc(C)c2)CC1. The molecule has 0 atom stereocenters. The average molecular weight is 333 g/mol. The smallest absolute Gasteiger partial charge is 0.409 e. The molecule has 0 saturated carbocycles. The zero-order chi connectivity index (χ0) is 17.4. The molecule has 24 heavy (non-hydrogen) atoms. The number of nitrogens with zero attached hydrogens (tertiary/aromatic N) is 1. The van der Waals surface area contributed by atoms with E-state index in [9.17, 15) is 9.59 Å². The maximum absolute atomic E-state index is 12.0. The van der Waals surface area contributed by atoms with E-state index in [1.807, 2.05) is 38.1 Å². The van der Waals surface area contributed by atoms with Crippen molar-refractivity contribution < 1.29 is 14.3 Å². The topological polar surface area (TPSA) is 70.7 Å². The summed E-state index contributed by atoms with van der Waals surface area (Å²) in [6.45, 7) is 6.26. The van der Waals surface area contributed by atoms with Gasteiger partial charge in [-0.05, 0) is 44.4 Å². The molecule has 1 aliphatic rings. The van der Waals surface area contributed by atoms with E-state index in [0.717, 1.165) is 24.1 Å². The first-order valence-corrected chi connectivity index (χ1v) is 8.60. The van der Waals surface area contributed by atoms with E-state index in [-0.39, 0.29) is 12.0 Å². The van der Waals surface area contributed by atoms with Crippen LogP contribution in [-0.4, -0.2) is 49.2 Å². The Morgan fingerprint density at radius 1 is 1.29 bits per heavy atom. The number of ether oxygens (including phenoxy) is 1.